The first-order chi connectivity index (χ1) is 9.57. The molecule has 112 valence electrons. The van der Waals surface area contributed by atoms with Crippen LogP contribution in [-0.2, 0) is 14.8 Å². The van der Waals surface area contributed by atoms with E-state index < -0.39 is 8.32 Å². The fourth-order valence-corrected chi connectivity index (χ4v) is 6.16. The van der Waals surface area contributed by atoms with Crippen molar-refractivity contribution in [3.63, 3.8) is 0 Å². The van der Waals surface area contributed by atoms with Crippen molar-refractivity contribution in [2.45, 2.75) is 64.0 Å². The van der Waals surface area contributed by atoms with E-state index in [2.05, 4.69) is 58.0 Å². The number of hydrogen-bond donors (Lipinski definition) is 0. The highest BCUT2D eigenvalue weighted by Crippen LogP contribution is 2.39. The van der Waals surface area contributed by atoms with Crippen molar-refractivity contribution in [2.24, 2.45) is 0 Å². The molecule has 2 atom stereocenters. The van der Waals surface area contributed by atoms with Gasteiger partial charge in [0.1, 0.15) is 0 Å². The molecule has 2 rings (SSSR count). The van der Waals surface area contributed by atoms with Crippen LogP contribution in [0.15, 0.2) is 30.3 Å². The van der Waals surface area contributed by atoms with Crippen LogP contribution >= 0.6 is 0 Å². The SMILES string of the molecule is CC[Si](CC)(CC)OC(C)(CC1CO1)c1ccccc1. The molecule has 0 aliphatic carbocycles. The van der Waals surface area contributed by atoms with E-state index in [1.54, 1.807) is 0 Å². The molecule has 0 aromatic heterocycles. The second-order valence-corrected chi connectivity index (χ2v) is 10.8. The minimum absolute atomic E-state index is 0.198. The van der Waals surface area contributed by atoms with Crippen molar-refractivity contribution in [3.8, 4) is 0 Å². The summed E-state index contributed by atoms with van der Waals surface area (Å²) < 4.78 is 12.3. The summed E-state index contributed by atoms with van der Waals surface area (Å²) in [6.07, 6.45) is 1.36. The van der Waals surface area contributed by atoms with E-state index in [-0.39, 0.29) is 5.60 Å². The Bertz CT molecular complexity index is 404. The van der Waals surface area contributed by atoms with Crippen molar-refractivity contribution in [2.75, 3.05) is 6.61 Å². The van der Waals surface area contributed by atoms with E-state index in [0.717, 1.165) is 13.0 Å². The van der Waals surface area contributed by atoms with Gasteiger partial charge in [-0.25, -0.2) is 0 Å². The van der Waals surface area contributed by atoms with Crippen LogP contribution in [0.1, 0.15) is 39.7 Å². The van der Waals surface area contributed by atoms with E-state index in [1.165, 1.54) is 23.7 Å². The number of epoxide rings is 1. The predicted molar refractivity (Wildman–Crippen MR) is 86.4 cm³/mol. The lowest BCUT2D eigenvalue weighted by atomic mass is 9.91. The average molecular weight is 292 g/mol. The van der Waals surface area contributed by atoms with Crippen molar-refractivity contribution in [1.29, 1.82) is 0 Å². The number of rotatable bonds is 8. The van der Waals surface area contributed by atoms with E-state index >= 15 is 0 Å². The molecule has 0 saturated carbocycles. The summed E-state index contributed by atoms with van der Waals surface area (Å²) in [4.78, 5) is 0. The molecule has 0 N–H and O–H groups in total. The van der Waals surface area contributed by atoms with Gasteiger partial charge < -0.3 is 9.16 Å². The standard InChI is InChI=1S/C17H28O2Si/c1-5-20(6-2,7-3)19-17(4,13-16-14-18-16)15-11-9-8-10-12-15/h8-12,16H,5-7,13-14H2,1-4H3. The Morgan fingerprint density at radius 2 is 1.70 bits per heavy atom. The van der Waals surface area contributed by atoms with Crippen molar-refractivity contribution >= 4 is 8.32 Å². The summed E-state index contributed by atoms with van der Waals surface area (Å²) in [5.41, 5.74) is 1.10. The molecule has 1 heterocycles. The maximum Gasteiger partial charge on any atom is 0.193 e. The van der Waals surface area contributed by atoms with Gasteiger partial charge in [-0.15, -0.1) is 0 Å². The van der Waals surface area contributed by atoms with Crippen molar-refractivity contribution in [3.05, 3.63) is 35.9 Å². The van der Waals surface area contributed by atoms with Crippen LogP contribution in [0.25, 0.3) is 0 Å². The third-order valence-corrected chi connectivity index (χ3v) is 9.53. The molecule has 1 saturated heterocycles. The fraction of sp³-hybridized carbons (Fsp3) is 0.647. The van der Waals surface area contributed by atoms with E-state index in [4.69, 9.17) is 9.16 Å². The van der Waals surface area contributed by atoms with Gasteiger partial charge >= 0.3 is 0 Å². The van der Waals surface area contributed by atoms with Gasteiger partial charge in [0.25, 0.3) is 0 Å². The Labute approximate surface area is 124 Å². The monoisotopic (exact) mass is 292 g/mol. The van der Waals surface area contributed by atoms with Crippen LogP contribution in [0.3, 0.4) is 0 Å². The van der Waals surface area contributed by atoms with Crippen LogP contribution < -0.4 is 0 Å². The third-order valence-electron chi connectivity index (χ3n) is 4.78. The molecule has 0 spiro atoms. The van der Waals surface area contributed by atoms with Gasteiger partial charge in [0.15, 0.2) is 8.32 Å². The zero-order valence-corrected chi connectivity index (χ0v) is 14.3. The molecular formula is C17H28O2Si. The molecule has 2 unspecified atom stereocenters. The highest BCUT2D eigenvalue weighted by molar-refractivity contribution is 6.73. The second-order valence-electron chi connectivity index (χ2n) is 6.10. The Morgan fingerprint density at radius 1 is 1.15 bits per heavy atom. The molecule has 1 aromatic carbocycles. The van der Waals surface area contributed by atoms with Gasteiger partial charge in [0, 0.05) is 6.42 Å². The third kappa shape index (κ3) is 3.51. The Kier molecular flexibility index (Phi) is 5.05. The van der Waals surface area contributed by atoms with Crippen molar-refractivity contribution in [1.82, 2.24) is 0 Å². The molecule has 1 aliphatic rings. The molecule has 1 aliphatic heterocycles. The smallest absolute Gasteiger partial charge is 0.193 e. The van der Waals surface area contributed by atoms with E-state index in [0.29, 0.717) is 6.10 Å². The van der Waals surface area contributed by atoms with Crippen LogP contribution in [0.2, 0.25) is 18.1 Å². The number of hydrogen-bond acceptors (Lipinski definition) is 2. The van der Waals surface area contributed by atoms with Gasteiger partial charge in [-0.3, -0.25) is 0 Å². The lowest BCUT2D eigenvalue weighted by Gasteiger charge is -2.41. The fourth-order valence-electron chi connectivity index (χ4n) is 3.07. The van der Waals surface area contributed by atoms with Gasteiger partial charge in [-0.05, 0) is 30.6 Å². The normalized spacial score (nSPS) is 21.5. The van der Waals surface area contributed by atoms with Crippen LogP contribution in [-0.4, -0.2) is 21.0 Å². The zero-order valence-electron chi connectivity index (χ0n) is 13.3. The van der Waals surface area contributed by atoms with Crippen LogP contribution in [0, 0.1) is 0 Å². The van der Waals surface area contributed by atoms with Crippen LogP contribution in [0.5, 0.6) is 0 Å². The summed E-state index contributed by atoms with van der Waals surface area (Å²) in [7, 11) is -1.63. The predicted octanol–water partition coefficient (Wildman–Crippen LogP) is 4.71. The van der Waals surface area contributed by atoms with Gasteiger partial charge in [-0.1, -0.05) is 51.1 Å². The molecule has 20 heavy (non-hydrogen) atoms. The summed E-state index contributed by atoms with van der Waals surface area (Å²) in [5, 5.41) is 0. The highest BCUT2D eigenvalue weighted by Gasteiger charge is 2.42. The Morgan fingerprint density at radius 3 is 2.15 bits per heavy atom. The molecule has 0 bridgehead atoms. The Balaban J connectivity index is 2.26. The first-order valence-corrected chi connectivity index (χ1v) is 10.5. The first kappa shape index (κ1) is 15.7. The highest BCUT2D eigenvalue weighted by atomic mass is 28.4. The molecule has 2 nitrogen and oxygen atoms in total. The maximum atomic E-state index is 6.87. The van der Waals surface area contributed by atoms with Crippen LogP contribution in [0.4, 0.5) is 0 Å². The van der Waals surface area contributed by atoms with Gasteiger partial charge in [0.2, 0.25) is 0 Å². The zero-order chi connectivity index (χ0) is 14.6. The lowest BCUT2D eigenvalue weighted by molar-refractivity contribution is 0.0548. The number of ether oxygens (including phenoxy) is 1. The molecular weight excluding hydrogens is 264 g/mol. The molecule has 1 aromatic rings. The molecule has 0 amide bonds. The summed E-state index contributed by atoms with van der Waals surface area (Å²) in [6, 6.07) is 14.2. The van der Waals surface area contributed by atoms with Crippen molar-refractivity contribution < 1.29 is 9.16 Å². The second kappa shape index (κ2) is 6.42. The van der Waals surface area contributed by atoms with E-state index in [9.17, 15) is 0 Å². The quantitative estimate of drug-likeness (QED) is 0.511. The van der Waals surface area contributed by atoms with Gasteiger partial charge in [-0.2, -0.15) is 0 Å². The molecule has 3 heteroatoms. The maximum absolute atomic E-state index is 6.87. The summed E-state index contributed by atoms with van der Waals surface area (Å²) in [6.45, 7) is 10.0. The number of benzene rings is 1. The first-order valence-electron chi connectivity index (χ1n) is 7.95. The lowest BCUT2D eigenvalue weighted by Crippen LogP contribution is -2.45. The minimum Gasteiger partial charge on any atom is -0.408 e. The average Bonchev–Trinajstić information content (AvgIpc) is 3.30. The summed E-state index contributed by atoms with van der Waals surface area (Å²) in [5.74, 6) is 0. The largest absolute Gasteiger partial charge is 0.408 e. The molecule has 0 radical (unpaired) electrons. The molecule has 1 fully saturated rings. The topological polar surface area (TPSA) is 21.8 Å². The van der Waals surface area contributed by atoms with Gasteiger partial charge in [0.05, 0.1) is 18.3 Å². The van der Waals surface area contributed by atoms with E-state index in [1.807, 2.05) is 0 Å². The summed E-state index contributed by atoms with van der Waals surface area (Å²) >= 11 is 0. The minimum atomic E-state index is -1.63. The Hall–Kier alpha value is -0.643.